The number of rotatable bonds is 6. The topological polar surface area (TPSA) is 80.0 Å². The monoisotopic (exact) mass is 336 g/mol. The molecule has 3 rings (SSSR count). The van der Waals surface area contributed by atoms with Crippen molar-refractivity contribution in [2.45, 2.75) is 32.2 Å². The third-order valence-corrected chi connectivity index (χ3v) is 3.77. The molecule has 2 N–H and O–H groups in total. The molecule has 1 saturated carbocycles. The molecule has 1 aromatic carbocycles. The number of carbonyl (C=O) groups excluding carboxylic acids is 1. The van der Waals surface area contributed by atoms with Crippen LogP contribution in [0.15, 0.2) is 28.8 Å². The lowest BCUT2D eigenvalue weighted by Gasteiger charge is -2.05. The summed E-state index contributed by atoms with van der Waals surface area (Å²) in [5.41, 5.74) is 1.57. The summed E-state index contributed by atoms with van der Waals surface area (Å²) in [7, 11) is 1.90. The van der Waals surface area contributed by atoms with Crippen LogP contribution in [-0.4, -0.2) is 29.1 Å². The minimum atomic E-state index is 0. The Balaban J connectivity index is 0.00000192. The van der Waals surface area contributed by atoms with Crippen molar-refractivity contribution in [3.05, 3.63) is 30.1 Å². The highest BCUT2D eigenvalue weighted by Gasteiger charge is 2.29. The highest BCUT2D eigenvalue weighted by atomic mass is 35.5. The number of hydrogen-bond acceptors (Lipinski definition) is 5. The van der Waals surface area contributed by atoms with Gasteiger partial charge in [-0.2, -0.15) is 4.98 Å². The molecule has 1 aliphatic carbocycles. The van der Waals surface area contributed by atoms with E-state index in [1.807, 2.05) is 31.3 Å². The summed E-state index contributed by atoms with van der Waals surface area (Å²) in [4.78, 5) is 16.2. The zero-order chi connectivity index (χ0) is 15.5. The van der Waals surface area contributed by atoms with Crippen LogP contribution in [0.2, 0.25) is 0 Å². The second kappa shape index (κ2) is 7.57. The highest BCUT2D eigenvalue weighted by Crippen LogP contribution is 2.30. The molecule has 0 radical (unpaired) electrons. The van der Waals surface area contributed by atoms with E-state index in [4.69, 9.17) is 4.52 Å². The number of anilines is 1. The predicted octanol–water partition coefficient (Wildman–Crippen LogP) is 2.66. The summed E-state index contributed by atoms with van der Waals surface area (Å²) >= 11 is 0. The molecule has 124 valence electrons. The van der Waals surface area contributed by atoms with E-state index in [0.29, 0.717) is 18.1 Å². The number of amides is 1. The van der Waals surface area contributed by atoms with Crippen molar-refractivity contribution in [3.63, 3.8) is 0 Å². The standard InChI is InChI=1S/C16H20N4O2.ClH/c1-10(17-2)8-14-19-16(22-20-14)12-4-3-5-13(9-12)18-15(21)11-6-7-11;/h3-5,9-11,17H,6-8H2,1-2H3,(H,18,21);1H. The number of benzene rings is 1. The average Bonchev–Trinajstić information content (AvgIpc) is 3.28. The Kier molecular flexibility index (Phi) is 5.74. The van der Waals surface area contributed by atoms with Crippen LogP contribution in [0.3, 0.4) is 0 Å². The van der Waals surface area contributed by atoms with Gasteiger partial charge in [0.25, 0.3) is 5.89 Å². The summed E-state index contributed by atoms with van der Waals surface area (Å²) < 4.78 is 5.31. The Morgan fingerprint density at radius 1 is 1.43 bits per heavy atom. The van der Waals surface area contributed by atoms with E-state index in [9.17, 15) is 4.79 Å². The molecule has 0 aliphatic heterocycles. The van der Waals surface area contributed by atoms with Crippen LogP contribution in [0.1, 0.15) is 25.6 Å². The number of aromatic nitrogens is 2. The molecule has 1 unspecified atom stereocenters. The molecule has 0 saturated heterocycles. The predicted molar refractivity (Wildman–Crippen MR) is 90.6 cm³/mol. The molecule has 1 aliphatic rings. The van der Waals surface area contributed by atoms with Gasteiger partial charge < -0.3 is 15.2 Å². The Hall–Kier alpha value is -1.92. The Labute approximate surface area is 141 Å². The van der Waals surface area contributed by atoms with Gasteiger partial charge in [0.05, 0.1) is 0 Å². The zero-order valence-electron chi connectivity index (χ0n) is 13.2. The minimum absolute atomic E-state index is 0. The number of nitrogens with zero attached hydrogens (tertiary/aromatic N) is 2. The minimum Gasteiger partial charge on any atom is -0.334 e. The first-order valence-electron chi connectivity index (χ1n) is 7.57. The van der Waals surface area contributed by atoms with E-state index in [0.717, 1.165) is 24.1 Å². The Morgan fingerprint density at radius 2 is 2.22 bits per heavy atom. The largest absolute Gasteiger partial charge is 0.334 e. The fourth-order valence-corrected chi connectivity index (χ4v) is 2.15. The third kappa shape index (κ3) is 4.53. The second-order valence-electron chi connectivity index (χ2n) is 5.75. The van der Waals surface area contributed by atoms with E-state index in [1.165, 1.54) is 0 Å². The van der Waals surface area contributed by atoms with Gasteiger partial charge in [0.2, 0.25) is 5.91 Å². The number of hydrogen-bond donors (Lipinski definition) is 2. The molecule has 7 heteroatoms. The smallest absolute Gasteiger partial charge is 0.257 e. The first kappa shape index (κ1) is 17.4. The summed E-state index contributed by atoms with van der Waals surface area (Å²) in [6, 6.07) is 7.78. The SMILES string of the molecule is CNC(C)Cc1noc(-c2cccc(NC(=O)C3CC3)c2)n1.Cl. The number of likely N-dealkylation sites (N-methyl/N-ethyl adjacent to an activating group) is 1. The maximum absolute atomic E-state index is 11.8. The lowest BCUT2D eigenvalue weighted by atomic mass is 10.2. The second-order valence-corrected chi connectivity index (χ2v) is 5.75. The number of carbonyl (C=O) groups is 1. The van der Waals surface area contributed by atoms with Crippen LogP contribution in [0.25, 0.3) is 11.5 Å². The summed E-state index contributed by atoms with van der Waals surface area (Å²) in [6.07, 6.45) is 2.68. The van der Waals surface area contributed by atoms with Crippen molar-refractivity contribution in [2.75, 3.05) is 12.4 Å². The molecule has 2 aromatic rings. The van der Waals surface area contributed by atoms with E-state index >= 15 is 0 Å². The Morgan fingerprint density at radius 3 is 2.91 bits per heavy atom. The van der Waals surface area contributed by atoms with Crippen LogP contribution < -0.4 is 10.6 Å². The quantitative estimate of drug-likeness (QED) is 0.847. The number of nitrogens with one attached hydrogen (secondary N) is 2. The molecule has 23 heavy (non-hydrogen) atoms. The molecule has 0 spiro atoms. The van der Waals surface area contributed by atoms with Crippen molar-refractivity contribution in [2.24, 2.45) is 5.92 Å². The summed E-state index contributed by atoms with van der Waals surface area (Å²) in [6.45, 7) is 2.06. The van der Waals surface area contributed by atoms with Crippen LogP contribution in [0.4, 0.5) is 5.69 Å². The van der Waals surface area contributed by atoms with Gasteiger partial charge in [-0.25, -0.2) is 0 Å². The lowest BCUT2D eigenvalue weighted by molar-refractivity contribution is -0.117. The summed E-state index contributed by atoms with van der Waals surface area (Å²) in [5, 5.41) is 10.1. The van der Waals surface area contributed by atoms with Crippen molar-refractivity contribution >= 4 is 24.0 Å². The van der Waals surface area contributed by atoms with Gasteiger partial charge in [-0.15, -0.1) is 12.4 Å². The van der Waals surface area contributed by atoms with Gasteiger partial charge in [-0.1, -0.05) is 11.2 Å². The zero-order valence-corrected chi connectivity index (χ0v) is 14.0. The van der Waals surface area contributed by atoms with Gasteiger partial charge in [0.15, 0.2) is 5.82 Å². The molecule has 1 heterocycles. The van der Waals surface area contributed by atoms with Gasteiger partial charge in [0, 0.05) is 29.6 Å². The summed E-state index contributed by atoms with van der Waals surface area (Å²) in [5.74, 6) is 1.41. The maximum Gasteiger partial charge on any atom is 0.257 e. The molecule has 6 nitrogen and oxygen atoms in total. The molecular formula is C16H21ClN4O2. The number of halogens is 1. The third-order valence-electron chi connectivity index (χ3n) is 3.77. The first-order chi connectivity index (χ1) is 10.7. The molecule has 0 bridgehead atoms. The molecule has 1 atom stereocenters. The Bertz CT molecular complexity index is 670. The van der Waals surface area contributed by atoms with Crippen molar-refractivity contribution in [1.29, 1.82) is 0 Å². The highest BCUT2D eigenvalue weighted by molar-refractivity contribution is 5.94. The van der Waals surface area contributed by atoms with Crippen LogP contribution >= 0.6 is 12.4 Å². The van der Waals surface area contributed by atoms with E-state index in [1.54, 1.807) is 0 Å². The van der Waals surface area contributed by atoms with Crippen LogP contribution in [-0.2, 0) is 11.2 Å². The molecular weight excluding hydrogens is 316 g/mol. The van der Waals surface area contributed by atoms with Crippen molar-refractivity contribution in [1.82, 2.24) is 15.5 Å². The molecule has 1 fully saturated rings. The van der Waals surface area contributed by atoms with E-state index in [2.05, 4.69) is 27.7 Å². The first-order valence-corrected chi connectivity index (χ1v) is 7.57. The van der Waals surface area contributed by atoms with Gasteiger partial charge >= 0.3 is 0 Å². The van der Waals surface area contributed by atoms with E-state index < -0.39 is 0 Å². The normalized spacial score (nSPS) is 14.9. The van der Waals surface area contributed by atoms with Gasteiger partial charge in [-0.3, -0.25) is 4.79 Å². The van der Waals surface area contributed by atoms with Crippen LogP contribution in [0, 0.1) is 5.92 Å². The van der Waals surface area contributed by atoms with E-state index in [-0.39, 0.29) is 30.3 Å². The maximum atomic E-state index is 11.8. The average molecular weight is 337 g/mol. The molecule has 1 aromatic heterocycles. The van der Waals surface area contributed by atoms with Gasteiger partial charge in [0.1, 0.15) is 0 Å². The molecule has 1 amide bonds. The van der Waals surface area contributed by atoms with Crippen LogP contribution in [0.5, 0.6) is 0 Å². The lowest BCUT2D eigenvalue weighted by Crippen LogP contribution is -2.24. The van der Waals surface area contributed by atoms with Crippen molar-refractivity contribution < 1.29 is 9.32 Å². The fraction of sp³-hybridized carbons (Fsp3) is 0.438. The van der Waals surface area contributed by atoms with Gasteiger partial charge in [-0.05, 0) is 45.0 Å². The van der Waals surface area contributed by atoms with Crippen molar-refractivity contribution in [3.8, 4) is 11.5 Å². The fourth-order valence-electron chi connectivity index (χ4n) is 2.15.